The molecule has 1 aromatic rings. The minimum absolute atomic E-state index is 0.0934. The summed E-state index contributed by atoms with van der Waals surface area (Å²) in [5.41, 5.74) is 0.740. The van der Waals surface area contributed by atoms with E-state index in [4.69, 9.17) is 9.47 Å². The Kier molecular flexibility index (Phi) is 6.01. The number of halogens is 1. The molecule has 0 aromatic heterocycles. The second-order valence-corrected chi connectivity index (χ2v) is 5.75. The van der Waals surface area contributed by atoms with E-state index in [0.717, 1.165) is 41.7 Å². The number of benzene rings is 1. The van der Waals surface area contributed by atoms with Gasteiger partial charge in [0.1, 0.15) is 12.4 Å². The zero-order valence-electron chi connectivity index (χ0n) is 11.7. The highest BCUT2D eigenvalue weighted by Crippen LogP contribution is 2.28. The van der Waals surface area contributed by atoms with Gasteiger partial charge in [0.25, 0.3) is 0 Å². The van der Waals surface area contributed by atoms with E-state index in [-0.39, 0.29) is 11.7 Å². The van der Waals surface area contributed by atoms with Crippen LogP contribution in [-0.2, 0) is 4.74 Å². The van der Waals surface area contributed by atoms with Gasteiger partial charge < -0.3 is 14.8 Å². The molecular weight excluding hydrogens is 322 g/mol. The minimum Gasteiger partial charge on any atom is -0.490 e. The third-order valence-corrected chi connectivity index (χ3v) is 4.05. The molecule has 1 N–H and O–H groups in total. The lowest BCUT2D eigenvalue weighted by atomic mass is 9.91. The van der Waals surface area contributed by atoms with Crippen LogP contribution in [0.25, 0.3) is 0 Å². The monoisotopic (exact) mass is 341 g/mol. The van der Waals surface area contributed by atoms with Crippen LogP contribution in [0.1, 0.15) is 23.2 Å². The SMILES string of the molecule is COCCOc1ccc(C(=O)C2CCCNC2)cc1Br. The van der Waals surface area contributed by atoms with Crippen LogP contribution >= 0.6 is 15.9 Å². The van der Waals surface area contributed by atoms with Crippen molar-refractivity contribution in [3.05, 3.63) is 28.2 Å². The zero-order chi connectivity index (χ0) is 14.4. The van der Waals surface area contributed by atoms with Gasteiger partial charge in [-0.25, -0.2) is 0 Å². The molecule has 0 aliphatic carbocycles. The summed E-state index contributed by atoms with van der Waals surface area (Å²) in [5.74, 6) is 1.04. The summed E-state index contributed by atoms with van der Waals surface area (Å²) in [6.07, 6.45) is 2.03. The van der Waals surface area contributed by atoms with Crippen molar-refractivity contribution in [1.82, 2.24) is 5.32 Å². The van der Waals surface area contributed by atoms with Gasteiger partial charge in [-0.05, 0) is 53.5 Å². The molecule has 20 heavy (non-hydrogen) atoms. The van der Waals surface area contributed by atoms with Gasteiger partial charge in [-0.15, -0.1) is 0 Å². The largest absolute Gasteiger partial charge is 0.490 e. The number of hydrogen-bond donors (Lipinski definition) is 1. The van der Waals surface area contributed by atoms with Gasteiger partial charge in [0.05, 0.1) is 11.1 Å². The molecule has 1 aromatic carbocycles. The van der Waals surface area contributed by atoms with E-state index in [1.807, 2.05) is 18.2 Å². The zero-order valence-corrected chi connectivity index (χ0v) is 13.2. The number of carbonyl (C=O) groups is 1. The fourth-order valence-corrected chi connectivity index (χ4v) is 2.81. The normalized spacial score (nSPS) is 18.8. The number of carbonyl (C=O) groups excluding carboxylic acids is 1. The lowest BCUT2D eigenvalue weighted by molar-refractivity contribution is 0.0899. The highest BCUT2D eigenvalue weighted by molar-refractivity contribution is 9.10. The minimum atomic E-state index is 0.0934. The molecule has 1 saturated heterocycles. The van der Waals surface area contributed by atoms with Crippen molar-refractivity contribution < 1.29 is 14.3 Å². The fraction of sp³-hybridized carbons (Fsp3) is 0.533. The first-order chi connectivity index (χ1) is 9.72. The molecule has 1 unspecified atom stereocenters. The summed E-state index contributed by atoms with van der Waals surface area (Å²) in [7, 11) is 1.64. The molecular formula is C15H20BrNO3. The molecule has 1 fully saturated rings. The number of methoxy groups -OCH3 is 1. The van der Waals surface area contributed by atoms with Crippen molar-refractivity contribution in [1.29, 1.82) is 0 Å². The number of ether oxygens (including phenoxy) is 2. The van der Waals surface area contributed by atoms with Gasteiger partial charge in [-0.1, -0.05) is 0 Å². The van der Waals surface area contributed by atoms with E-state index < -0.39 is 0 Å². The maximum absolute atomic E-state index is 12.4. The predicted molar refractivity (Wildman–Crippen MR) is 81.4 cm³/mol. The van der Waals surface area contributed by atoms with Gasteiger partial charge in [0.15, 0.2) is 5.78 Å². The number of hydrogen-bond acceptors (Lipinski definition) is 4. The topological polar surface area (TPSA) is 47.6 Å². The molecule has 0 saturated carbocycles. The molecule has 1 aliphatic heterocycles. The number of Topliss-reactive ketones (excluding diaryl/α,β-unsaturated/α-hetero) is 1. The van der Waals surface area contributed by atoms with Crippen LogP contribution in [0.4, 0.5) is 0 Å². The molecule has 0 amide bonds. The molecule has 1 atom stereocenters. The summed E-state index contributed by atoms with van der Waals surface area (Å²) in [4.78, 5) is 12.4. The Bertz CT molecular complexity index is 458. The quantitative estimate of drug-likeness (QED) is 0.638. The van der Waals surface area contributed by atoms with E-state index in [9.17, 15) is 4.79 Å². The van der Waals surface area contributed by atoms with Crippen molar-refractivity contribution in [2.75, 3.05) is 33.4 Å². The molecule has 1 heterocycles. The first-order valence-electron chi connectivity index (χ1n) is 6.88. The Morgan fingerprint density at radius 1 is 1.45 bits per heavy atom. The highest BCUT2D eigenvalue weighted by Gasteiger charge is 2.22. The van der Waals surface area contributed by atoms with E-state index in [0.29, 0.717) is 13.2 Å². The van der Waals surface area contributed by atoms with Gasteiger partial charge in [0, 0.05) is 25.1 Å². The smallest absolute Gasteiger partial charge is 0.167 e. The van der Waals surface area contributed by atoms with Crippen LogP contribution in [0.15, 0.2) is 22.7 Å². The van der Waals surface area contributed by atoms with Gasteiger partial charge in [-0.2, -0.15) is 0 Å². The number of rotatable bonds is 6. The summed E-state index contributed by atoms with van der Waals surface area (Å²) in [6.45, 7) is 2.83. The molecule has 5 heteroatoms. The van der Waals surface area contributed by atoms with E-state index >= 15 is 0 Å². The standard InChI is InChI=1S/C15H20BrNO3/c1-19-7-8-20-14-5-4-11(9-13(14)16)15(18)12-3-2-6-17-10-12/h4-5,9,12,17H,2-3,6-8,10H2,1H3. The summed E-state index contributed by atoms with van der Waals surface area (Å²) in [5, 5.41) is 3.27. The van der Waals surface area contributed by atoms with Crippen LogP contribution < -0.4 is 10.1 Å². The first-order valence-corrected chi connectivity index (χ1v) is 7.68. The number of piperidine rings is 1. The summed E-state index contributed by atoms with van der Waals surface area (Å²) in [6, 6.07) is 5.52. The van der Waals surface area contributed by atoms with Crippen LogP contribution in [0.2, 0.25) is 0 Å². The third-order valence-electron chi connectivity index (χ3n) is 3.43. The van der Waals surface area contributed by atoms with E-state index in [2.05, 4.69) is 21.2 Å². The van der Waals surface area contributed by atoms with Crippen LogP contribution in [0, 0.1) is 5.92 Å². The maximum Gasteiger partial charge on any atom is 0.167 e. The van der Waals surface area contributed by atoms with Crippen LogP contribution in [0.3, 0.4) is 0 Å². The molecule has 1 aliphatic rings. The molecule has 110 valence electrons. The lowest BCUT2D eigenvalue weighted by Crippen LogP contribution is -2.34. The van der Waals surface area contributed by atoms with E-state index in [1.165, 1.54) is 0 Å². The number of nitrogens with one attached hydrogen (secondary N) is 1. The van der Waals surface area contributed by atoms with Gasteiger partial charge in [0.2, 0.25) is 0 Å². The average Bonchev–Trinajstić information content (AvgIpc) is 2.49. The lowest BCUT2D eigenvalue weighted by Gasteiger charge is -2.21. The average molecular weight is 342 g/mol. The Morgan fingerprint density at radius 3 is 2.95 bits per heavy atom. The van der Waals surface area contributed by atoms with Crippen molar-refractivity contribution in [3.8, 4) is 5.75 Å². The van der Waals surface area contributed by atoms with Gasteiger partial charge in [-0.3, -0.25) is 4.79 Å². The van der Waals surface area contributed by atoms with Crippen LogP contribution in [0.5, 0.6) is 5.75 Å². The number of ketones is 1. The third kappa shape index (κ3) is 4.04. The molecule has 0 bridgehead atoms. The summed E-state index contributed by atoms with van der Waals surface area (Å²) >= 11 is 3.46. The molecule has 2 rings (SSSR count). The maximum atomic E-state index is 12.4. The Balaban J connectivity index is 2.02. The highest BCUT2D eigenvalue weighted by atomic mass is 79.9. The van der Waals surface area contributed by atoms with Crippen molar-refractivity contribution in [3.63, 3.8) is 0 Å². The first kappa shape index (κ1) is 15.5. The van der Waals surface area contributed by atoms with E-state index in [1.54, 1.807) is 7.11 Å². The molecule has 0 radical (unpaired) electrons. The Morgan fingerprint density at radius 2 is 2.30 bits per heavy atom. The van der Waals surface area contributed by atoms with Crippen LogP contribution in [-0.4, -0.2) is 39.2 Å². The second kappa shape index (κ2) is 7.76. The summed E-state index contributed by atoms with van der Waals surface area (Å²) < 4.78 is 11.3. The van der Waals surface area contributed by atoms with Gasteiger partial charge >= 0.3 is 0 Å². The van der Waals surface area contributed by atoms with Crippen molar-refractivity contribution in [2.45, 2.75) is 12.8 Å². The predicted octanol–water partition coefficient (Wildman–Crippen LogP) is 2.66. The Hall–Kier alpha value is -0.910. The Labute approximate surface area is 128 Å². The molecule has 0 spiro atoms. The van der Waals surface area contributed by atoms with Crippen molar-refractivity contribution in [2.24, 2.45) is 5.92 Å². The fourth-order valence-electron chi connectivity index (χ4n) is 2.32. The second-order valence-electron chi connectivity index (χ2n) is 4.89. The molecule has 4 nitrogen and oxygen atoms in total. The van der Waals surface area contributed by atoms with Crippen molar-refractivity contribution >= 4 is 21.7 Å².